The van der Waals surface area contributed by atoms with Gasteiger partial charge in [0, 0.05) is 4.70 Å². The number of carbonyl (C=O) groups excluding carboxylic acids is 1. The third kappa shape index (κ3) is 2.84. The van der Waals surface area contributed by atoms with E-state index in [4.69, 9.17) is 0 Å². The second-order valence-electron chi connectivity index (χ2n) is 4.53. The Morgan fingerprint density at radius 3 is 2.59 bits per heavy atom. The van der Waals surface area contributed by atoms with Gasteiger partial charge >= 0.3 is 6.18 Å². The molecule has 0 saturated carbocycles. The van der Waals surface area contributed by atoms with Gasteiger partial charge in [-0.15, -0.1) is 11.3 Å². The first-order chi connectivity index (χ1) is 10.3. The molecule has 22 heavy (non-hydrogen) atoms. The van der Waals surface area contributed by atoms with Gasteiger partial charge in [-0.25, -0.2) is 4.98 Å². The zero-order valence-corrected chi connectivity index (χ0v) is 12.8. The van der Waals surface area contributed by atoms with Gasteiger partial charge in [-0.3, -0.25) is 10.1 Å². The van der Waals surface area contributed by atoms with E-state index in [9.17, 15) is 18.0 Å². The highest BCUT2D eigenvalue weighted by atomic mass is 32.1. The number of alkyl halides is 3. The average molecular weight is 342 g/mol. The third-order valence-electron chi connectivity index (χ3n) is 2.92. The van der Waals surface area contributed by atoms with Crippen LogP contribution < -0.4 is 5.32 Å². The predicted molar refractivity (Wildman–Crippen MR) is 81.6 cm³/mol. The lowest BCUT2D eigenvalue weighted by Crippen LogP contribution is -2.09. The Bertz CT molecular complexity index is 818. The summed E-state index contributed by atoms with van der Waals surface area (Å²) in [6.45, 7) is 1.27. The largest absolute Gasteiger partial charge is 0.427 e. The van der Waals surface area contributed by atoms with Crippen LogP contribution in [0.3, 0.4) is 0 Å². The van der Waals surface area contributed by atoms with Crippen LogP contribution >= 0.6 is 22.7 Å². The Morgan fingerprint density at radius 2 is 1.95 bits per heavy atom. The second-order valence-corrected chi connectivity index (χ2v) is 6.62. The number of hydrogen-bond acceptors (Lipinski definition) is 4. The zero-order valence-electron chi connectivity index (χ0n) is 11.2. The van der Waals surface area contributed by atoms with Gasteiger partial charge in [0.2, 0.25) is 0 Å². The fourth-order valence-corrected chi connectivity index (χ4v) is 3.75. The molecule has 0 unspecified atom stereocenters. The number of rotatable bonds is 2. The van der Waals surface area contributed by atoms with E-state index < -0.39 is 17.0 Å². The molecule has 114 valence electrons. The van der Waals surface area contributed by atoms with E-state index in [2.05, 4.69) is 10.3 Å². The maximum absolute atomic E-state index is 12.7. The Balaban J connectivity index is 1.85. The molecular formula is C14H9F3N2OS2. The minimum atomic E-state index is -4.46. The Morgan fingerprint density at radius 1 is 1.23 bits per heavy atom. The quantitative estimate of drug-likeness (QED) is 0.717. The molecule has 0 aliphatic heterocycles. The smallest absolute Gasteiger partial charge is 0.297 e. The molecule has 1 N–H and O–H groups in total. The maximum atomic E-state index is 12.7. The molecule has 3 rings (SSSR count). The van der Waals surface area contributed by atoms with Crippen LogP contribution in [0.5, 0.6) is 0 Å². The van der Waals surface area contributed by atoms with Crippen molar-refractivity contribution in [3.63, 3.8) is 0 Å². The molecule has 2 aromatic heterocycles. The number of fused-ring (bicyclic) bond motifs is 1. The van der Waals surface area contributed by atoms with Crippen LogP contribution in [0.1, 0.15) is 20.2 Å². The van der Waals surface area contributed by atoms with Crippen molar-refractivity contribution in [1.82, 2.24) is 4.98 Å². The van der Waals surface area contributed by atoms with Crippen molar-refractivity contribution in [2.45, 2.75) is 13.1 Å². The number of thiazole rings is 1. The molecule has 3 nitrogen and oxygen atoms in total. The van der Waals surface area contributed by atoms with Gasteiger partial charge in [0.1, 0.15) is 4.88 Å². The summed E-state index contributed by atoms with van der Waals surface area (Å²) in [5.41, 5.74) is -0.135. The van der Waals surface area contributed by atoms with Crippen molar-refractivity contribution >= 4 is 43.8 Å². The normalized spacial score (nSPS) is 11.8. The van der Waals surface area contributed by atoms with Crippen molar-refractivity contribution < 1.29 is 18.0 Å². The van der Waals surface area contributed by atoms with E-state index in [1.165, 1.54) is 18.3 Å². The van der Waals surface area contributed by atoms with Crippen LogP contribution in [0.2, 0.25) is 0 Å². The standard InChI is InChI=1S/C14H9F3N2OS2/c1-7-11(14(15,16)17)22-13(18-7)19-12(20)10-6-8-4-2-3-5-9(8)21-10/h2-6H,1H3,(H,18,19,20). The molecule has 1 aromatic carbocycles. The summed E-state index contributed by atoms with van der Waals surface area (Å²) in [6.07, 6.45) is -4.46. The first-order valence-electron chi connectivity index (χ1n) is 6.19. The Labute approximate surface area is 131 Å². The summed E-state index contributed by atoms with van der Waals surface area (Å²) in [6, 6.07) is 9.18. The molecule has 0 aliphatic carbocycles. The summed E-state index contributed by atoms with van der Waals surface area (Å²) in [4.78, 5) is 15.5. The predicted octanol–water partition coefficient (Wildman–Crippen LogP) is 4.94. The average Bonchev–Trinajstić information content (AvgIpc) is 3.01. The van der Waals surface area contributed by atoms with Crippen LogP contribution in [0.25, 0.3) is 10.1 Å². The van der Waals surface area contributed by atoms with Gasteiger partial charge in [-0.2, -0.15) is 13.2 Å². The van der Waals surface area contributed by atoms with Gasteiger partial charge in [-0.05, 0) is 24.4 Å². The van der Waals surface area contributed by atoms with Gasteiger partial charge in [0.15, 0.2) is 5.13 Å². The Hall–Kier alpha value is -1.93. The zero-order chi connectivity index (χ0) is 15.9. The van der Waals surface area contributed by atoms with Gasteiger partial charge in [0.25, 0.3) is 5.91 Å². The lowest BCUT2D eigenvalue weighted by atomic mass is 10.2. The summed E-state index contributed by atoms with van der Waals surface area (Å²) in [5, 5.41) is 3.30. The number of benzene rings is 1. The summed E-state index contributed by atoms with van der Waals surface area (Å²) >= 11 is 1.72. The molecule has 1 amide bonds. The molecule has 0 spiro atoms. The van der Waals surface area contributed by atoms with E-state index in [-0.39, 0.29) is 10.8 Å². The van der Waals surface area contributed by atoms with Crippen molar-refractivity contribution in [2.24, 2.45) is 0 Å². The third-order valence-corrected chi connectivity index (χ3v) is 5.16. The van der Waals surface area contributed by atoms with Crippen molar-refractivity contribution in [2.75, 3.05) is 5.32 Å². The number of nitrogens with one attached hydrogen (secondary N) is 1. The summed E-state index contributed by atoms with van der Waals surface area (Å²) in [7, 11) is 0. The minimum absolute atomic E-state index is 0.0488. The molecule has 0 atom stereocenters. The van der Waals surface area contributed by atoms with Crippen LogP contribution in [-0.2, 0) is 6.18 Å². The number of carbonyl (C=O) groups is 1. The van der Waals surface area contributed by atoms with Crippen molar-refractivity contribution in [1.29, 1.82) is 0 Å². The first-order valence-corrected chi connectivity index (χ1v) is 7.82. The van der Waals surface area contributed by atoms with E-state index >= 15 is 0 Å². The van der Waals surface area contributed by atoms with Crippen LogP contribution in [-0.4, -0.2) is 10.9 Å². The number of aryl methyl sites for hydroxylation is 1. The summed E-state index contributed by atoms with van der Waals surface area (Å²) < 4.78 is 39.1. The number of halogens is 3. The van der Waals surface area contributed by atoms with Crippen LogP contribution in [0.15, 0.2) is 30.3 Å². The highest BCUT2D eigenvalue weighted by Crippen LogP contribution is 2.38. The lowest BCUT2D eigenvalue weighted by Gasteiger charge is -2.01. The minimum Gasteiger partial charge on any atom is -0.297 e. The van der Waals surface area contributed by atoms with Gasteiger partial charge < -0.3 is 0 Å². The van der Waals surface area contributed by atoms with Gasteiger partial charge in [0.05, 0.1) is 10.6 Å². The lowest BCUT2D eigenvalue weighted by molar-refractivity contribution is -0.134. The molecule has 3 aromatic rings. The fraction of sp³-hybridized carbons (Fsp3) is 0.143. The topological polar surface area (TPSA) is 42.0 Å². The highest BCUT2D eigenvalue weighted by molar-refractivity contribution is 7.21. The number of aromatic nitrogens is 1. The number of anilines is 1. The van der Waals surface area contributed by atoms with E-state index in [1.54, 1.807) is 6.07 Å². The monoisotopic (exact) mass is 342 g/mol. The van der Waals surface area contributed by atoms with Crippen LogP contribution in [0.4, 0.5) is 18.3 Å². The number of amides is 1. The second kappa shape index (κ2) is 5.36. The van der Waals surface area contributed by atoms with Crippen molar-refractivity contribution in [3.8, 4) is 0 Å². The highest BCUT2D eigenvalue weighted by Gasteiger charge is 2.36. The molecule has 0 aliphatic rings. The SMILES string of the molecule is Cc1nc(NC(=O)c2cc3ccccc3s2)sc1C(F)(F)F. The van der Waals surface area contributed by atoms with Crippen molar-refractivity contribution in [3.05, 3.63) is 45.8 Å². The molecule has 0 radical (unpaired) electrons. The molecule has 0 bridgehead atoms. The number of hydrogen-bond donors (Lipinski definition) is 1. The van der Waals surface area contributed by atoms with Gasteiger partial charge in [-0.1, -0.05) is 29.5 Å². The number of thiophene rings is 1. The first kappa shape index (κ1) is 15.0. The molecule has 8 heteroatoms. The maximum Gasteiger partial charge on any atom is 0.427 e. The molecule has 2 heterocycles. The molecule has 0 saturated heterocycles. The molecular weight excluding hydrogens is 333 g/mol. The van der Waals surface area contributed by atoms with Crippen LogP contribution in [0, 0.1) is 6.92 Å². The van der Waals surface area contributed by atoms with E-state index in [0.29, 0.717) is 16.2 Å². The fourth-order valence-electron chi connectivity index (χ4n) is 1.97. The van der Waals surface area contributed by atoms with E-state index in [0.717, 1.165) is 10.1 Å². The number of nitrogens with zero attached hydrogens (tertiary/aromatic N) is 1. The summed E-state index contributed by atoms with van der Waals surface area (Å²) in [5.74, 6) is -0.455. The van der Waals surface area contributed by atoms with E-state index in [1.807, 2.05) is 24.3 Å². The molecule has 0 fully saturated rings. The Kier molecular flexibility index (Phi) is 3.65.